The Balaban J connectivity index is 1.63. The summed E-state index contributed by atoms with van der Waals surface area (Å²) in [6.07, 6.45) is 6.79. The molecule has 4 aliphatic rings. The van der Waals surface area contributed by atoms with E-state index in [2.05, 4.69) is 13.8 Å². The highest BCUT2D eigenvalue weighted by Crippen LogP contribution is 2.64. The van der Waals surface area contributed by atoms with E-state index in [9.17, 15) is 14.4 Å². The summed E-state index contributed by atoms with van der Waals surface area (Å²) in [6.45, 7) is 4.97. The van der Waals surface area contributed by atoms with Crippen molar-refractivity contribution in [2.45, 2.75) is 71.3 Å². The molecule has 0 aromatic rings. The standard InChI is InChI=1S/C20H28O4/c1-19-7-5-12(24-11-21)9-16(19)17(22)10-13-14-3-4-18(23)20(14,2)8-6-15(13)19/h11-16H,3-10H2,1-2H3/t12-,13+,14+,15+,16?,19-,20+/m1/s1. The van der Waals surface area contributed by atoms with E-state index in [4.69, 9.17) is 4.74 Å². The lowest BCUT2D eigenvalue weighted by atomic mass is 9.45. The van der Waals surface area contributed by atoms with E-state index in [0.717, 1.165) is 32.1 Å². The molecule has 0 saturated heterocycles. The number of ketones is 2. The molecule has 4 aliphatic carbocycles. The molecule has 0 heterocycles. The number of carbonyl (C=O) groups excluding carboxylic acids is 3. The number of fused-ring (bicyclic) bond motifs is 5. The van der Waals surface area contributed by atoms with Crippen molar-refractivity contribution in [2.75, 3.05) is 0 Å². The first-order valence-electron chi connectivity index (χ1n) is 9.55. The molecule has 7 atom stereocenters. The first kappa shape index (κ1) is 16.3. The van der Waals surface area contributed by atoms with Gasteiger partial charge in [-0.15, -0.1) is 0 Å². The molecule has 0 radical (unpaired) electrons. The average Bonchev–Trinajstić information content (AvgIpc) is 2.85. The molecular weight excluding hydrogens is 304 g/mol. The molecular formula is C20H28O4. The van der Waals surface area contributed by atoms with E-state index in [0.29, 0.717) is 55.1 Å². The van der Waals surface area contributed by atoms with Crippen LogP contribution in [0.1, 0.15) is 65.2 Å². The lowest BCUT2D eigenvalue weighted by Gasteiger charge is -2.59. The molecule has 4 heteroatoms. The fourth-order valence-corrected chi connectivity index (χ4v) is 6.98. The van der Waals surface area contributed by atoms with Crippen molar-refractivity contribution < 1.29 is 19.1 Å². The van der Waals surface area contributed by atoms with Gasteiger partial charge < -0.3 is 4.74 Å². The molecule has 0 amide bonds. The molecule has 4 fully saturated rings. The van der Waals surface area contributed by atoms with Crippen LogP contribution in [0, 0.1) is 34.5 Å². The Labute approximate surface area is 143 Å². The van der Waals surface area contributed by atoms with Crippen molar-refractivity contribution in [3.05, 3.63) is 0 Å². The van der Waals surface area contributed by atoms with Crippen molar-refractivity contribution in [2.24, 2.45) is 34.5 Å². The molecule has 4 saturated carbocycles. The zero-order chi connectivity index (χ0) is 17.1. The molecule has 0 bridgehead atoms. The zero-order valence-corrected chi connectivity index (χ0v) is 14.8. The molecule has 0 aliphatic heterocycles. The highest BCUT2D eigenvalue weighted by atomic mass is 16.5. The van der Waals surface area contributed by atoms with Crippen molar-refractivity contribution in [3.63, 3.8) is 0 Å². The average molecular weight is 332 g/mol. The third kappa shape index (κ3) is 2.07. The number of hydrogen-bond donors (Lipinski definition) is 0. The number of carbonyl (C=O) groups is 3. The van der Waals surface area contributed by atoms with Crippen LogP contribution in [0.2, 0.25) is 0 Å². The maximum Gasteiger partial charge on any atom is 0.293 e. The molecule has 0 N–H and O–H groups in total. The van der Waals surface area contributed by atoms with Crippen molar-refractivity contribution >= 4 is 18.0 Å². The lowest BCUT2D eigenvalue weighted by Crippen LogP contribution is -2.57. The first-order chi connectivity index (χ1) is 11.4. The second-order valence-corrected chi connectivity index (χ2v) is 9.15. The zero-order valence-electron chi connectivity index (χ0n) is 14.8. The van der Waals surface area contributed by atoms with Crippen molar-refractivity contribution in [1.82, 2.24) is 0 Å². The van der Waals surface area contributed by atoms with E-state index in [1.807, 2.05) is 0 Å². The first-order valence-corrected chi connectivity index (χ1v) is 9.55. The quantitative estimate of drug-likeness (QED) is 0.728. The van der Waals surface area contributed by atoms with Crippen LogP contribution in [0.4, 0.5) is 0 Å². The number of Topliss-reactive ketones (excluding diaryl/α,β-unsaturated/α-hetero) is 2. The maximum absolute atomic E-state index is 13.0. The van der Waals surface area contributed by atoms with Gasteiger partial charge in [-0.1, -0.05) is 13.8 Å². The molecule has 4 rings (SSSR count). The summed E-state index contributed by atoms with van der Waals surface area (Å²) in [5, 5.41) is 0. The molecule has 1 unspecified atom stereocenters. The van der Waals surface area contributed by atoms with Crippen LogP contribution in [-0.2, 0) is 19.1 Å². The van der Waals surface area contributed by atoms with Crippen LogP contribution in [0.15, 0.2) is 0 Å². The summed E-state index contributed by atoms with van der Waals surface area (Å²) >= 11 is 0. The smallest absolute Gasteiger partial charge is 0.293 e. The van der Waals surface area contributed by atoms with Gasteiger partial charge in [0.2, 0.25) is 0 Å². The van der Waals surface area contributed by atoms with Crippen LogP contribution < -0.4 is 0 Å². The van der Waals surface area contributed by atoms with Gasteiger partial charge in [0, 0.05) is 24.2 Å². The summed E-state index contributed by atoms with van der Waals surface area (Å²) in [6, 6.07) is 0. The summed E-state index contributed by atoms with van der Waals surface area (Å²) in [7, 11) is 0. The van der Waals surface area contributed by atoms with Gasteiger partial charge in [0.1, 0.15) is 17.7 Å². The molecule has 24 heavy (non-hydrogen) atoms. The lowest BCUT2D eigenvalue weighted by molar-refractivity contribution is -0.165. The summed E-state index contributed by atoms with van der Waals surface area (Å²) in [5.74, 6) is 2.12. The fourth-order valence-electron chi connectivity index (χ4n) is 6.98. The Bertz CT molecular complexity index is 584. The van der Waals surface area contributed by atoms with Gasteiger partial charge in [-0.3, -0.25) is 14.4 Å². The Morgan fingerprint density at radius 3 is 2.62 bits per heavy atom. The van der Waals surface area contributed by atoms with E-state index < -0.39 is 0 Å². The van der Waals surface area contributed by atoms with Gasteiger partial charge in [-0.05, 0) is 61.7 Å². The van der Waals surface area contributed by atoms with Crippen LogP contribution in [0.3, 0.4) is 0 Å². The van der Waals surface area contributed by atoms with E-state index in [1.165, 1.54) is 0 Å². The predicted molar refractivity (Wildman–Crippen MR) is 88.1 cm³/mol. The van der Waals surface area contributed by atoms with Crippen LogP contribution in [0.25, 0.3) is 0 Å². The van der Waals surface area contributed by atoms with Gasteiger partial charge in [-0.25, -0.2) is 0 Å². The number of ether oxygens (including phenoxy) is 1. The van der Waals surface area contributed by atoms with E-state index >= 15 is 0 Å². The number of hydrogen-bond acceptors (Lipinski definition) is 4. The Morgan fingerprint density at radius 2 is 1.88 bits per heavy atom. The largest absolute Gasteiger partial charge is 0.465 e. The molecule has 0 aromatic carbocycles. The predicted octanol–water partition coefficient (Wildman–Crippen LogP) is 3.32. The van der Waals surface area contributed by atoms with Crippen molar-refractivity contribution in [1.29, 1.82) is 0 Å². The summed E-state index contributed by atoms with van der Waals surface area (Å²) in [4.78, 5) is 36.1. The van der Waals surface area contributed by atoms with Crippen molar-refractivity contribution in [3.8, 4) is 0 Å². The third-order valence-corrected chi connectivity index (χ3v) is 8.37. The fraction of sp³-hybridized carbons (Fsp3) is 0.850. The maximum atomic E-state index is 13.0. The van der Waals surface area contributed by atoms with Gasteiger partial charge in [-0.2, -0.15) is 0 Å². The Hall–Kier alpha value is -1.19. The Kier molecular flexibility index (Phi) is 3.67. The van der Waals surface area contributed by atoms with Gasteiger partial charge in [0.05, 0.1) is 0 Å². The monoisotopic (exact) mass is 332 g/mol. The number of rotatable bonds is 2. The SMILES string of the molecule is C[C@]12CC[C@@H](OC=O)CC1C(=O)C[C@@H]1[C@@H]2CC[C@]2(C)C(=O)CC[C@@H]12. The normalized spacial score (nSPS) is 50.7. The topological polar surface area (TPSA) is 60.4 Å². The van der Waals surface area contributed by atoms with E-state index in [1.54, 1.807) is 0 Å². The second kappa shape index (κ2) is 5.40. The minimum Gasteiger partial charge on any atom is -0.465 e. The highest BCUT2D eigenvalue weighted by molar-refractivity contribution is 5.88. The molecule has 4 nitrogen and oxygen atoms in total. The van der Waals surface area contributed by atoms with Crippen LogP contribution in [-0.4, -0.2) is 24.1 Å². The molecule has 0 aromatic heterocycles. The Morgan fingerprint density at radius 1 is 1.08 bits per heavy atom. The van der Waals surface area contributed by atoms with Crippen LogP contribution >= 0.6 is 0 Å². The minimum atomic E-state index is -0.178. The van der Waals surface area contributed by atoms with E-state index in [-0.39, 0.29) is 22.9 Å². The molecule has 132 valence electrons. The highest BCUT2D eigenvalue weighted by Gasteiger charge is 2.62. The van der Waals surface area contributed by atoms with Gasteiger partial charge >= 0.3 is 0 Å². The summed E-state index contributed by atoms with van der Waals surface area (Å²) < 4.78 is 5.18. The molecule has 0 spiro atoms. The summed E-state index contributed by atoms with van der Waals surface area (Å²) in [5.41, 5.74) is -0.155. The van der Waals surface area contributed by atoms with Gasteiger partial charge in [0.25, 0.3) is 6.47 Å². The van der Waals surface area contributed by atoms with Gasteiger partial charge in [0.15, 0.2) is 0 Å². The minimum absolute atomic E-state index is 0.0235. The van der Waals surface area contributed by atoms with Crippen LogP contribution in [0.5, 0.6) is 0 Å². The third-order valence-electron chi connectivity index (χ3n) is 8.37. The second-order valence-electron chi connectivity index (χ2n) is 9.15.